The average Bonchev–Trinajstić information content (AvgIpc) is 3.16. The van der Waals surface area contributed by atoms with Crippen molar-refractivity contribution >= 4 is 37.9 Å². The van der Waals surface area contributed by atoms with Gasteiger partial charge in [0.15, 0.2) is 17.3 Å². The van der Waals surface area contributed by atoms with Crippen LogP contribution in [0.1, 0.15) is 36.7 Å². The molecule has 8 nitrogen and oxygen atoms in total. The predicted octanol–water partition coefficient (Wildman–Crippen LogP) is 3.34. The van der Waals surface area contributed by atoms with Crippen LogP contribution in [0.25, 0.3) is 16.4 Å². The van der Waals surface area contributed by atoms with Crippen molar-refractivity contribution < 1.29 is 8.42 Å². The molecule has 4 aromatic rings. The van der Waals surface area contributed by atoms with Gasteiger partial charge in [-0.1, -0.05) is 44.2 Å². The number of benzene rings is 2. The number of anilines is 2. The van der Waals surface area contributed by atoms with E-state index in [1.165, 1.54) is 5.56 Å². The van der Waals surface area contributed by atoms with Crippen LogP contribution in [-0.4, -0.2) is 41.0 Å². The summed E-state index contributed by atoms with van der Waals surface area (Å²) in [6, 6.07) is 13.9. The highest BCUT2D eigenvalue weighted by atomic mass is 32.2. The molecule has 3 heterocycles. The molecule has 31 heavy (non-hydrogen) atoms. The molecule has 1 aliphatic rings. The van der Waals surface area contributed by atoms with Crippen LogP contribution in [0.3, 0.4) is 0 Å². The summed E-state index contributed by atoms with van der Waals surface area (Å²) in [6.45, 7) is 5.64. The SMILES string of the molecule is CC(C)c1nnc2c3ccccc3c(N3CCc4ccc(NS(C)(=O)=O)cc4C3)nn12. The van der Waals surface area contributed by atoms with Gasteiger partial charge in [-0.15, -0.1) is 15.3 Å². The van der Waals surface area contributed by atoms with Crippen LogP contribution < -0.4 is 9.62 Å². The smallest absolute Gasteiger partial charge is 0.229 e. The number of fused-ring (bicyclic) bond motifs is 4. The van der Waals surface area contributed by atoms with Gasteiger partial charge in [-0.3, -0.25) is 4.72 Å². The maximum absolute atomic E-state index is 11.6. The number of nitrogens with zero attached hydrogens (tertiary/aromatic N) is 5. The first-order valence-corrected chi connectivity index (χ1v) is 12.2. The number of hydrogen-bond acceptors (Lipinski definition) is 6. The molecule has 0 atom stereocenters. The van der Waals surface area contributed by atoms with E-state index in [-0.39, 0.29) is 5.92 Å². The minimum absolute atomic E-state index is 0.197. The van der Waals surface area contributed by atoms with Gasteiger partial charge in [0.25, 0.3) is 0 Å². The molecule has 0 saturated heterocycles. The monoisotopic (exact) mass is 436 g/mol. The predicted molar refractivity (Wildman–Crippen MR) is 122 cm³/mol. The van der Waals surface area contributed by atoms with E-state index in [4.69, 9.17) is 5.10 Å². The summed E-state index contributed by atoms with van der Waals surface area (Å²) < 4.78 is 27.7. The van der Waals surface area contributed by atoms with E-state index in [1.54, 1.807) is 0 Å². The summed E-state index contributed by atoms with van der Waals surface area (Å²) in [6.07, 6.45) is 2.03. The van der Waals surface area contributed by atoms with Crippen LogP contribution in [0.4, 0.5) is 11.5 Å². The summed E-state index contributed by atoms with van der Waals surface area (Å²) in [4.78, 5) is 2.25. The molecule has 0 aliphatic carbocycles. The first-order chi connectivity index (χ1) is 14.8. The van der Waals surface area contributed by atoms with Gasteiger partial charge < -0.3 is 4.90 Å². The van der Waals surface area contributed by atoms with Gasteiger partial charge in [-0.25, -0.2) is 8.42 Å². The van der Waals surface area contributed by atoms with E-state index >= 15 is 0 Å². The van der Waals surface area contributed by atoms with Crippen LogP contribution in [0.2, 0.25) is 0 Å². The summed E-state index contributed by atoms with van der Waals surface area (Å²) >= 11 is 0. The number of sulfonamides is 1. The molecule has 0 unspecified atom stereocenters. The van der Waals surface area contributed by atoms with Crippen LogP contribution >= 0.6 is 0 Å². The lowest BCUT2D eigenvalue weighted by Crippen LogP contribution is -2.32. The average molecular weight is 437 g/mol. The molecular weight excluding hydrogens is 412 g/mol. The molecule has 1 aliphatic heterocycles. The molecule has 0 radical (unpaired) electrons. The number of rotatable bonds is 4. The van der Waals surface area contributed by atoms with Crippen LogP contribution in [0, 0.1) is 0 Å². The lowest BCUT2D eigenvalue weighted by Gasteiger charge is -2.31. The molecule has 0 amide bonds. The Kier molecular flexibility index (Phi) is 4.58. The molecule has 2 aromatic carbocycles. The number of nitrogens with one attached hydrogen (secondary N) is 1. The van der Waals surface area contributed by atoms with Crippen LogP contribution in [-0.2, 0) is 23.0 Å². The topological polar surface area (TPSA) is 92.5 Å². The Balaban J connectivity index is 1.61. The highest BCUT2D eigenvalue weighted by molar-refractivity contribution is 7.92. The third-order valence-corrected chi connectivity index (χ3v) is 6.21. The van der Waals surface area contributed by atoms with E-state index in [2.05, 4.69) is 45.8 Å². The van der Waals surface area contributed by atoms with Gasteiger partial charge in [-0.05, 0) is 29.7 Å². The maximum atomic E-state index is 11.6. The molecule has 0 spiro atoms. The molecule has 5 rings (SSSR count). The standard InChI is InChI=1S/C22H24N6O2S/c1-14(2)20-23-24-21-18-6-4-5-7-19(18)22(25-28(20)21)27-11-10-15-8-9-17(12-16(15)13-27)26-31(3,29)30/h4-9,12,14,26H,10-11,13H2,1-3H3. The Morgan fingerprint density at radius 3 is 2.55 bits per heavy atom. The number of hydrogen-bond donors (Lipinski definition) is 1. The van der Waals surface area contributed by atoms with E-state index < -0.39 is 10.0 Å². The molecule has 0 fully saturated rings. The molecule has 9 heteroatoms. The number of aromatic nitrogens is 4. The van der Waals surface area contributed by atoms with Gasteiger partial charge in [0, 0.05) is 35.5 Å². The fourth-order valence-corrected chi connectivity index (χ4v) is 4.74. The van der Waals surface area contributed by atoms with Crippen molar-refractivity contribution in [3.63, 3.8) is 0 Å². The molecular formula is C22H24N6O2S. The van der Waals surface area contributed by atoms with Crippen molar-refractivity contribution in [3.8, 4) is 0 Å². The lowest BCUT2D eigenvalue weighted by molar-refractivity contribution is 0.607. The Morgan fingerprint density at radius 1 is 1.03 bits per heavy atom. The van der Waals surface area contributed by atoms with Gasteiger partial charge in [0.2, 0.25) is 10.0 Å². The maximum Gasteiger partial charge on any atom is 0.229 e. The van der Waals surface area contributed by atoms with E-state index in [9.17, 15) is 8.42 Å². The summed E-state index contributed by atoms with van der Waals surface area (Å²) in [5.41, 5.74) is 3.67. The van der Waals surface area contributed by atoms with Crippen LogP contribution in [0.15, 0.2) is 42.5 Å². The lowest BCUT2D eigenvalue weighted by atomic mass is 9.99. The van der Waals surface area contributed by atoms with Crippen molar-refractivity contribution in [1.29, 1.82) is 0 Å². The van der Waals surface area contributed by atoms with Gasteiger partial charge >= 0.3 is 0 Å². The first kappa shape index (κ1) is 19.7. The van der Waals surface area contributed by atoms with Crippen molar-refractivity contribution in [2.45, 2.75) is 32.7 Å². The third kappa shape index (κ3) is 3.59. The Morgan fingerprint density at radius 2 is 1.81 bits per heavy atom. The second kappa shape index (κ2) is 7.19. The Labute approximate surface area is 181 Å². The zero-order chi connectivity index (χ0) is 21.8. The summed E-state index contributed by atoms with van der Waals surface area (Å²) in [7, 11) is -3.32. The molecule has 0 saturated carbocycles. The fraction of sp³-hybridized carbons (Fsp3) is 0.318. The minimum Gasteiger partial charge on any atom is -0.350 e. The molecule has 1 N–H and O–H groups in total. The van der Waals surface area contributed by atoms with Gasteiger partial charge in [0.05, 0.1) is 6.26 Å². The third-order valence-electron chi connectivity index (χ3n) is 5.61. The zero-order valence-corrected chi connectivity index (χ0v) is 18.5. The summed E-state index contributed by atoms with van der Waals surface area (Å²) in [5, 5.41) is 15.8. The van der Waals surface area contributed by atoms with Crippen LogP contribution in [0.5, 0.6) is 0 Å². The minimum atomic E-state index is -3.32. The zero-order valence-electron chi connectivity index (χ0n) is 17.7. The van der Waals surface area contributed by atoms with Gasteiger partial charge in [-0.2, -0.15) is 4.52 Å². The first-order valence-electron chi connectivity index (χ1n) is 10.3. The molecule has 0 bridgehead atoms. The van der Waals surface area contributed by atoms with E-state index in [1.807, 2.05) is 34.8 Å². The van der Waals surface area contributed by atoms with Gasteiger partial charge in [0.1, 0.15) is 0 Å². The van der Waals surface area contributed by atoms with Crippen molar-refractivity contribution in [1.82, 2.24) is 19.8 Å². The molecule has 2 aromatic heterocycles. The van der Waals surface area contributed by atoms with E-state index in [0.717, 1.165) is 52.8 Å². The summed E-state index contributed by atoms with van der Waals surface area (Å²) in [5.74, 6) is 1.92. The van der Waals surface area contributed by atoms with Crippen molar-refractivity contribution in [3.05, 3.63) is 59.4 Å². The molecule has 160 valence electrons. The van der Waals surface area contributed by atoms with Crippen molar-refractivity contribution in [2.75, 3.05) is 22.4 Å². The Hall–Kier alpha value is -3.20. The van der Waals surface area contributed by atoms with E-state index in [0.29, 0.717) is 12.2 Å². The second-order valence-corrected chi connectivity index (χ2v) is 10.1. The fourth-order valence-electron chi connectivity index (χ4n) is 4.19. The highest BCUT2D eigenvalue weighted by Gasteiger charge is 2.23. The largest absolute Gasteiger partial charge is 0.350 e. The normalized spacial score (nSPS) is 14.4. The highest BCUT2D eigenvalue weighted by Crippen LogP contribution is 2.32. The Bertz CT molecular complexity index is 1410. The second-order valence-electron chi connectivity index (χ2n) is 8.35. The quantitative estimate of drug-likeness (QED) is 0.528. The van der Waals surface area contributed by atoms with Crippen molar-refractivity contribution in [2.24, 2.45) is 0 Å².